The van der Waals surface area contributed by atoms with Gasteiger partial charge in [0.1, 0.15) is 5.60 Å². The highest BCUT2D eigenvalue weighted by atomic mass is 16.6. The number of esters is 1. The molecule has 0 spiro atoms. The van der Waals surface area contributed by atoms with E-state index in [0.29, 0.717) is 24.7 Å². The Hall–Kier alpha value is -0.910. The monoisotopic (exact) mass is 380 g/mol. The molecule has 154 valence electrons. The van der Waals surface area contributed by atoms with Crippen LogP contribution in [0.1, 0.15) is 67.2 Å². The lowest BCUT2D eigenvalue weighted by Gasteiger charge is -2.50. The fourth-order valence-corrected chi connectivity index (χ4v) is 5.91. The number of hydrogen-bond donors (Lipinski definition) is 2. The van der Waals surface area contributed by atoms with Gasteiger partial charge in [0, 0.05) is 18.8 Å². The summed E-state index contributed by atoms with van der Waals surface area (Å²) in [4.78, 5) is 11.9. The normalized spacial score (nSPS) is 47.5. The second kappa shape index (κ2) is 7.16. The molecule has 3 aliphatic rings. The highest BCUT2D eigenvalue weighted by Gasteiger charge is 2.62. The molecule has 2 heterocycles. The number of fused-ring (bicyclic) bond motifs is 5. The van der Waals surface area contributed by atoms with E-state index in [-0.39, 0.29) is 30.0 Å². The summed E-state index contributed by atoms with van der Waals surface area (Å²) < 4.78 is 12.4. The number of rotatable bonds is 2. The predicted octanol–water partition coefficient (Wildman–Crippen LogP) is 3.23. The molecule has 1 saturated heterocycles. The van der Waals surface area contributed by atoms with Crippen molar-refractivity contribution in [2.24, 2.45) is 23.7 Å². The Kier molecular flexibility index (Phi) is 5.52. The molecule has 2 aliphatic heterocycles. The maximum atomic E-state index is 11.9. The third-order valence-corrected chi connectivity index (χ3v) is 7.32. The minimum absolute atomic E-state index is 0.0284. The number of carbonyl (C=O) groups is 1. The van der Waals surface area contributed by atoms with Crippen molar-refractivity contribution in [1.82, 2.24) is 0 Å². The van der Waals surface area contributed by atoms with Crippen molar-refractivity contribution in [2.75, 3.05) is 0 Å². The molecule has 2 fully saturated rings. The highest BCUT2D eigenvalue weighted by molar-refractivity contribution is 5.66. The first-order valence-corrected chi connectivity index (χ1v) is 10.4. The maximum Gasteiger partial charge on any atom is 0.303 e. The van der Waals surface area contributed by atoms with Crippen LogP contribution in [0.3, 0.4) is 0 Å². The van der Waals surface area contributed by atoms with Gasteiger partial charge in [0.25, 0.3) is 0 Å². The summed E-state index contributed by atoms with van der Waals surface area (Å²) in [6.07, 6.45) is 3.57. The Bertz CT molecular complexity index is 610. The second-order valence-corrected chi connectivity index (χ2v) is 9.80. The van der Waals surface area contributed by atoms with Crippen LogP contribution in [0.25, 0.3) is 0 Å². The Morgan fingerprint density at radius 1 is 1.30 bits per heavy atom. The van der Waals surface area contributed by atoms with E-state index in [2.05, 4.69) is 13.8 Å². The Balaban J connectivity index is 2.12. The lowest BCUT2D eigenvalue weighted by atomic mass is 9.58. The van der Waals surface area contributed by atoms with Crippen LogP contribution in [0.4, 0.5) is 0 Å². The molecule has 2 N–H and O–H groups in total. The molecule has 8 unspecified atom stereocenters. The van der Waals surface area contributed by atoms with E-state index in [1.165, 1.54) is 6.92 Å². The predicted molar refractivity (Wildman–Crippen MR) is 103 cm³/mol. The number of aliphatic hydroxyl groups is 2. The summed E-state index contributed by atoms with van der Waals surface area (Å²) in [6.45, 7) is 11.7. The van der Waals surface area contributed by atoms with Crippen molar-refractivity contribution in [2.45, 2.75) is 96.7 Å². The van der Waals surface area contributed by atoms with Gasteiger partial charge in [-0.3, -0.25) is 4.79 Å². The van der Waals surface area contributed by atoms with Gasteiger partial charge in [0.15, 0.2) is 0 Å². The van der Waals surface area contributed by atoms with Gasteiger partial charge in [0.2, 0.25) is 0 Å². The third kappa shape index (κ3) is 3.70. The van der Waals surface area contributed by atoms with E-state index in [9.17, 15) is 15.0 Å². The first-order chi connectivity index (χ1) is 12.5. The zero-order valence-corrected chi connectivity index (χ0v) is 17.6. The summed E-state index contributed by atoms with van der Waals surface area (Å²) in [6, 6.07) is 0. The van der Waals surface area contributed by atoms with E-state index < -0.39 is 17.3 Å². The molecule has 5 heteroatoms. The van der Waals surface area contributed by atoms with E-state index in [1.54, 1.807) is 0 Å². The summed E-state index contributed by atoms with van der Waals surface area (Å²) in [7, 11) is 0. The van der Waals surface area contributed by atoms with Gasteiger partial charge in [-0.2, -0.15) is 0 Å². The maximum absolute atomic E-state index is 11.9. The average Bonchev–Trinajstić information content (AvgIpc) is 2.93. The van der Waals surface area contributed by atoms with Crippen LogP contribution in [-0.2, 0) is 14.3 Å². The van der Waals surface area contributed by atoms with Crippen molar-refractivity contribution < 1.29 is 24.5 Å². The van der Waals surface area contributed by atoms with Gasteiger partial charge in [-0.15, -0.1) is 0 Å². The molecular formula is C22H36O5. The molecule has 2 bridgehead atoms. The topological polar surface area (TPSA) is 76.0 Å². The molecule has 1 aliphatic carbocycles. The fraction of sp³-hybridized carbons (Fsp3) is 0.864. The SMILES string of the molecule is CC(=O)OC1(C)CCC(C(C)C)C2C3OC(C=C(C)C(O)CCC3(C)O)C21. The van der Waals surface area contributed by atoms with E-state index in [4.69, 9.17) is 9.47 Å². The quantitative estimate of drug-likeness (QED) is 0.568. The van der Waals surface area contributed by atoms with Crippen LogP contribution in [-0.4, -0.2) is 45.7 Å². The average molecular weight is 381 g/mol. The van der Waals surface area contributed by atoms with Crippen LogP contribution in [0.15, 0.2) is 11.6 Å². The Labute approximate surface area is 163 Å². The fourth-order valence-electron chi connectivity index (χ4n) is 5.91. The third-order valence-electron chi connectivity index (χ3n) is 7.32. The smallest absolute Gasteiger partial charge is 0.303 e. The lowest BCUT2D eigenvalue weighted by Crippen LogP contribution is -2.55. The minimum Gasteiger partial charge on any atom is -0.459 e. The van der Waals surface area contributed by atoms with Gasteiger partial charge in [-0.25, -0.2) is 0 Å². The van der Waals surface area contributed by atoms with Crippen LogP contribution in [0.2, 0.25) is 0 Å². The lowest BCUT2D eigenvalue weighted by molar-refractivity contribution is -0.173. The number of aliphatic hydroxyl groups excluding tert-OH is 1. The van der Waals surface area contributed by atoms with Crippen LogP contribution in [0, 0.1) is 23.7 Å². The van der Waals surface area contributed by atoms with Crippen LogP contribution >= 0.6 is 0 Å². The first kappa shape index (κ1) is 20.8. The van der Waals surface area contributed by atoms with Crippen molar-refractivity contribution in [3.05, 3.63) is 11.6 Å². The van der Waals surface area contributed by atoms with Gasteiger partial charge >= 0.3 is 5.97 Å². The number of hydrogen-bond acceptors (Lipinski definition) is 5. The Morgan fingerprint density at radius 2 is 1.96 bits per heavy atom. The molecule has 8 atom stereocenters. The molecule has 0 aromatic rings. The number of ether oxygens (including phenoxy) is 2. The van der Waals surface area contributed by atoms with Gasteiger partial charge < -0.3 is 19.7 Å². The number of carbonyl (C=O) groups excluding carboxylic acids is 1. The van der Waals surface area contributed by atoms with Gasteiger partial charge in [-0.05, 0) is 63.9 Å². The molecular weight excluding hydrogens is 344 g/mol. The molecule has 0 aromatic heterocycles. The van der Waals surface area contributed by atoms with Crippen LogP contribution in [0.5, 0.6) is 0 Å². The zero-order valence-electron chi connectivity index (χ0n) is 17.6. The van der Waals surface area contributed by atoms with Crippen molar-refractivity contribution in [3.8, 4) is 0 Å². The van der Waals surface area contributed by atoms with Crippen molar-refractivity contribution in [1.29, 1.82) is 0 Å². The molecule has 5 nitrogen and oxygen atoms in total. The molecule has 3 rings (SSSR count). The molecule has 0 amide bonds. The summed E-state index contributed by atoms with van der Waals surface area (Å²) in [5, 5.41) is 21.8. The molecule has 0 aromatic carbocycles. The summed E-state index contributed by atoms with van der Waals surface area (Å²) in [5.74, 6) is 0.666. The van der Waals surface area contributed by atoms with Crippen molar-refractivity contribution in [3.63, 3.8) is 0 Å². The summed E-state index contributed by atoms with van der Waals surface area (Å²) in [5.41, 5.74) is -0.786. The standard InChI is InChI=1S/C22H36O5/c1-12(2)15-7-10-22(6,27-14(4)23)19-17-11-13(3)16(24)8-9-21(5,25)20(26-17)18(15)19/h11-12,15-20,24-25H,7-10H2,1-6H3. The highest BCUT2D eigenvalue weighted by Crippen LogP contribution is 2.56. The molecule has 27 heavy (non-hydrogen) atoms. The minimum atomic E-state index is -1.03. The molecule has 0 radical (unpaired) electrons. The van der Waals surface area contributed by atoms with Gasteiger partial charge in [-0.1, -0.05) is 19.9 Å². The van der Waals surface area contributed by atoms with Crippen molar-refractivity contribution >= 4 is 5.97 Å². The zero-order chi connectivity index (χ0) is 20.1. The van der Waals surface area contributed by atoms with Gasteiger partial charge in [0.05, 0.1) is 23.9 Å². The van der Waals surface area contributed by atoms with Crippen LogP contribution < -0.4 is 0 Å². The first-order valence-electron chi connectivity index (χ1n) is 10.4. The van der Waals surface area contributed by atoms with E-state index in [0.717, 1.165) is 18.4 Å². The molecule has 1 saturated carbocycles. The largest absolute Gasteiger partial charge is 0.459 e. The van der Waals surface area contributed by atoms with E-state index >= 15 is 0 Å². The van der Waals surface area contributed by atoms with E-state index in [1.807, 2.05) is 26.8 Å². The summed E-state index contributed by atoms with van der Waals surface area (Å²) >= 11 is 0. The second-order valence-electron chi connectivity index (χ2n) is 9.80. The Morgan fingerprint density at radius 3 is 2.56 bits per heavy atom.